The van der Waals surface area contributed by atoms with Crippen molar-refractivity contribution in [3.63, 3.8) is 0 Å². The highest BCUT2D eigenvalue weighted by atomic mass is 32.1. The van der Waals surface area contributed by atoms with Gasteiger partial charge in [-0.25, -0.2) is 0 Å². The number of para-hydroxylation sites is 1. The lowest BCUT2D eigenvalue weighted by molar-refractivity contribution is -0.135. The normalized spacial score (nSPS) is 12.8. The van der Waals surface area contributed by atoms with Gasteiger partial charge in [0.1, 0.15) is 5.75 Å². The highest BCUT2D eigenvalue weighted by Gasteiger charge is 2.21. The quantitative estimate of drug-likeness (QED) is 0.679. The molecule has 3 amide bonds. The van der Waals surface area contributed by atoms with Crippen molar-refractivity contribution >= 4 is 29.1 Å². The van der Waals surface area contributed by atoms with Gasteiger partial charge in [-0.15, -0.1) is 11.3 Å². The molecule has 1 aliphatic heterocycles. The zero-order chi connectivity index (χ0) is 20.6. The number of rotatable bonds is 7. The van der Waals surface area contributed by atoms with E-state index in [0.29, 0.717) is 18.8 Å². The van der Waals surface area contributed by atoms with Crippen molar-refractivity contribution < 1.29 is 19.1 Å². The molecule has 0 aliphatic carbocycles. The van der Waals surface area contributed by atoms with Crippen molar-refractivity contribution in [2.45, 2.75) is 39.2 Å². The lowest BCUT2D eigenvalue weighted by atomic mass is 10.1. The molecule has 0 fully saturated rings. The van der Waals surface area contributed by atoms with Gasteiger partial charge in [-0.3, -0.25) is 25.2 Å². The van der Waals surface area contributed by atoms with Crippen LogP contribution in [0.15, 0.2) is 35.7 Å². The van der Waals surface area contributed by atoms with Crippen LogP contribution in [0, 0.1) is 0 Å². The predicted molar refractivity (Wildman–Crippen MR) is 110 cm³/mol. The average Bonchev–Trinajstić information content (AvgIpc) is 3.22. The van der Waals surface area contributed by atoms with E-state index < -0.39 is 11.8 Å². The number of aryl methyl sites for hydroxylation is 1. The highest BCUT2D eigenvalue weighted by Crippen LogP contribution is 2.24. The Morgan fingerprint density at radius 1 is 1.10 bits per heavy atom. The molecule has 1 aromatic heterocycles. The molecule has 0 saturated heterocycles. The molecule has 3 rings (SSSR count). The van der Waals surface area contributed by atoms with E-state index in [0.717, 1.165) is 18.4 Å². The van der Waals surface area contributed by atoms with Crippen molar-refractivity contribution in [2.75, 3.05) is 13.2 Å². The Kier molecular flexibility index (Phi) is 7.24. The summed E-state index contributed by atoms with van der Waals surface area (Å²) in [6.45, 7) is 3.09. The Balaban J connectivity index is 1.34. The Morgan fingerprint density at radius 2 is 1.90 bits per heavy atom. The predicted octanol–water partition coefficient (Wildman–Crippen LogP) is 2.20. The van der Waals surface area contributed by atoms with E-state index in [-0.39, 0.29) is 25.4 Å². The van der Waals surface area contributed by atoms with Crippen LogP contribution in [-0.4, -0.2) is 35.8 Å². The zero-order valence-corrected chi connectivity index (χ0v) is 17.2. The summed E-state index contributed by atoms with van der Waals surface area (Å²) in [4.78, 5) is 39.2. The molecule has 1 aliphatic rings. The molecule has 2 aromatic rings. The molecular formula is C21H25N3O4S. The molecule has 0 bridgehead atoms. The number of benzene rings is 1. The summed E-state index contributed by atoms with van der Waals surface area (Å²) in [6.07, 6.45) is 1.79. The van der Waals surface area contributed by atoms with Gasteiger partial charge < -0.3 is 9.64 Å². The number of nitrogens with zero attached hydrogens (tertiary/aromatic N) is 1. The molecule has 0 atom stereocenters. The van der Waals surface area contributed by atoms with E-state index in [1.807, 2.05) is 36.6 Å². The molecule has 0 radical (unpaired) electrons. The molecule has 2 N–H and O–H groups in total. The van der Waals surface area contributed by atoms with Crippen molar-refractivity contribution in [3.8, 4) is 5.75 Å². The maximum absolute atomic E-state index is 12.3. The van der Waals surface area contributed by atoms with Crippen LogP contribution in [0.1, 0.15) is 35.8 Å². The number of ether oxygens (including phenoxy) is 1. The number of thiophene rings is 1. The molecule has 2 heterocycles. The minimum absolute atomic E-state index is 0.0195. The first-order chi connectivity index (χ1) is 14.1. The maximum atomic E-state index is 12.3. The van der Waals surface area contributed by atoms with Gasteiger partial charge in [0.25, 0.3) is 5.91 Å². The molecule has 29 heavy (non-hydrogen) atoms. The van der Waals surface area contributed by atoms with Crippen LogP contribution >= 0.6 is 11.3 Å². The average molecular weight is 416 g/mol. The second-order valence-corrected chi connectivity index (χ2v) is 7.78. The Bertz CT molecular complexity index is 880. The third kappa shape index (κ3) is 5.80. The van der Waals surface area contributed by atoms with Crippen LogP contribution in [-0.2, 0) is 33.8 Å². The van der Waals surface area contributed by atoms with Crippen molar-refractivity contribution in [2.24, 2.45) is 0 Å². The third-order valence-corrected chi connectivity index (χ3v) is 5.80. The summed E-state index contributed by atoms with van der Waals surface area (Å²) in [5.74, 6) is -0.272. The summed E-state index contributed by atoms with van der Waals surface area (Å²) in [5.41, 5.74) is 6.85. The minimum atomic E-state index is -0.461. The number of nitrogens with one attached hydrogen (secondary N) is 2. The number of amides is 3. The zero-order valence-electron chi connectivity index (χ0n) is 16.4. The fourth-order valence-electron chi connectivity index (χ4n) is 3.16. The number of hydrogen-bond acceptors (Lipinski definition) is 5. The molecule has 1 aromatic carbocycles. The van der Waals surface area contributed by atoms with Gasteiger partial charge in [0, 0.05) is 30.8 Å². The van der Waals surface area contributed by atoms with Crippen LogP contribution in [0.25, 0.3) is 0 Å². The maximum Gasteiger partial charge on any atom is 0.276 e. The summed E-state index contributed by atoms with van der Waals surface area (Å²) in [5, 5.41) is 2.04. The number of carbonyl (C=O) groups is 3. The number of hydrazine groups is 1. The van der Waals surface area contributed by atoms with Crippen LogP contribution in [0.3, 0.4) is 0 Å². The summed E-state index contributed by atoms with van der Waals surface area (Å²) in [7, 11) is 0. The SMILES string of the molecule is CCc1ccccc1OCC(=O)NNC(=O)CCC(=O)N1CCc2sccc2C1. The van der Waals surface area contributed by atoms with E-state index in [1.165, 1.54) is 10.4 Å². The molecule has 8 heteroatoms. The van der Waals surface area contributed by atoms with Crippen molar-refractivity contribution in [1.82, 2.24) is 15.8 Å². The lowest BCUT2D eigenvalue weighted by Crippen LogP contribution is -2.44. The second-order valence-electron chi connectivity index (χ2n) is 6.78. The number of hydrogen-bond donors (Lipinski definition) is 2. The minimum Gasteiger partial charge on any atom is -0.483 e. The first-order valence-corrected chi connectivity index (χ1v) is 10.6. The van der Waals surface area contributed by atoms with Gasteiger partial charge in [-0.1, -0.05) is 25.1 Å². The van der Waals surface area contributed by atoms with E-state index in [2.05, 4.69) is 10.9 Å². The molecule has 0 unspecified atom stereocenters. The highest BCUT2D eigenvalue weighted by molar-refractivity contribution is 7.10. The van der Waals surface area contributed by atoms with Crippen molar-refractivity contribution in [1.29, 1.82) is 0 Å². The molecular weight excluding hydrogens is 390 g/mol. The smallest absolute Gasteiger partial charge is 0.276 e. The number of fused-ring (bicyclic) bond motifs is 1. The Labute approximate surface area is 174 Å². The molecule has 154 valence electrons. The summed E-state index contributed by atoms with van der Waals surface area (Å²) >= 11 is 1.72. The van der Waals surface area contributed by atoms with Crippen LogP contribution in [0.2, 0.25) is 0 Å². The van der Waals surface area contributed by atoms with E-state index >= 15 is 0 Å². The second kappa shape index (κ2) is 10.1. The molecule has 0 spiro atoms. The fraction of sp³-hybridized carbons (Fsp3) is 0.381. The standard InChI is InChI=1S/C21H25N3O4S/c1-2-15-5-3-4-6-17(15)28-14-20(26)23-22-19(25)7-8-21(27)24-11-9-18-16(13-24)10-12-29-18/h3-6,10,12H,2,7-9,11,13-14H2,1H3,(H,22,25)(H,23,26). The first-order valence-electron chi connectivity index (χ1n) is 9.68. The lowest BCUT2D eigenvalue weighted by Gasteiger charge is -2.27. The number of carbonyl (C=O) groups excluding carboxylic acids is 3. The van der Waals surface area contributed by atoms with Gasteiger partial charge in [0.15, 0.2) is 6.61 Å². The topological polar surface area (TPSA) is 87.7 Å². The van der Waals surface area contributed by atoms with Gasteiger partial charge in [-0.2, -0.15) is 0 Å². The largest absolute Gasteiger partial charge is 0.483 e. The van der Waals surface area contributed by atoms with Crippen LogP contribution in [0.5, 0.6) is 5.75 Å². The summed E-state index contributed by atoms with van der Waals surface area (Å²) < 4.78 is 5.50. The van der Waals surface area contributed by atoms with Gasteiger partial charge in [0.05, 0.1) is 0 Å². The van der Waals surface area contributed by atoms with Crippen LogP contribution < -0.4 is 15.6 Å². The molecule has 0 saturated carbocycles. The monoisotopic (exact) mass is 415 g/mol. The Morgan fingerprint density at radius 3 is 2.72 bits per heavy atom. The van der Waals surface area contributed by atoms with Gasteiger partial charge >= 0.3 is 0 Å². The van der Waals surface area contributed by atoms with Crippen LogP contribution in [0.4, 0.5) is 0 Å². The third-order valence-electron chi connectivity index (χ3n) is 4.78. The van der Waals surface area contributed by atoms with E-state index in [4.69, 9.17) is 4.74 Å². The summed E-state index contributed by atoms with van der Waals surface area (Å²) in [6, 6.07) is 9.54. The Hall–Kier alpha value is -2.87. The van der Waals surface area contributed by atoms with Gasteiger partial charge in [-0.05, 0) is 41.5 Å². The van der Waals surface area contributed by atoms with Gasteiger partial charge in [0.2, 0.25) is 11.8 Å². The molecule has 7 nitrogen and oxygen atoms in total. The van der Waals surface area contributed by atoms with E-state index in [9.17, 15) is 14.4 Å². The van der Waals surface area contributed by atoms with E-state index in [1.54, 1.807) is 22.3 Å². The fourth-order valence-corrected chi connectivity index (χ4v) is 4.05. The first kappa shape index (κ1) is 20.9. The van der Waals surface area contributed by atoms with Crippen molar-refractivity contribution in [3.05, 3.63) is 51.7 Å².